The molecule has 4 rings (SSSR count). The minimum Gasteiger partial charge on any atom is -0.492 e. The van der Waals surface area contributed by atoms with Gasteiger partial charge in [0.15, 0.2) is 0 Å². The number of nitrogens with zero attached hydrogens (tertiary/aromatic N) is 1. The fraction of sp³-hybridized carbons (Fsp3) is 0.370. The molecule has 3 aromatic rings. The van der Waals surface area contributed by atoms with Crippen LogP contribution in [-0.4, -0.2) is 43.3 Å². The Morgan fingerprint density at radius 3 is 2.50 bits per heavy atom. The van der Waals surface area contributed by atoms with Crippen LogP contribution in [0.5, 0.6) is 5.75 Å². The molecular formula is C27H34N3O2+. The zero-order valence-corrected chi connectivity index (χ0v) is 19.2. The number of nitrogens with one attached hydrogen (secondary N) is 2. The van der Waals surface area contributed by atoms with Crippen LogP contribution >= 0.6 is 0 Å². The molecule has 1 saturated heterocycles. The lowest BCUT2D eigenvalue weighted by molar-refractivity contribution is -0.903. The van der Waals surface area contributed by atoms with Crippen LogP contribution in [0.15, 0.2) is 60.7 Å². The Morgan fingerprint density at radius 2 is 1.75 bits per heavy atom. The van der Waals surface area contributed by atoms with Crippen molar-refractivity contribution in [2.75, 3.05) is 32.8 Å². The van der Waals surface area contributed by atoms with Gasteiger partial charge in [0, 0.05) is 5.69 Å². The van der Waals surface area contributed by atoms with Crippen molar-refractivity contribution >= 4 is 5.91 Å². The first-order valence-corrected chi connectivity index (χ1v) is 11.8. The molecule has 2 heterocycles. The predicted octanol–water partition coefficient (Wildman–Crippen LogP) is 3.65. The van der Waals surface area contributed by atoms with Gasteiger partial charge in [-0.05, 0) is 56.9 Å². The number of quaternary nitrogens is 1. The average Bonchev–Trinajstić information content (AvgIpc) is 3.18. The van der Waals surface area contributed by atoms with Crippen molar-refractivity contribution in [1.82, 2.24) is 9.88 Å². The van der Waals surface area contributed by atoms with Crippen LogP contribution in [0.25, 0.3) is 16.9 Å². The highest BCUT2D eigenvalue weighted by Gasteiger charge is 2.22. The van der Waals surface area contributed by atoms with Crippen LogP contribution in [0, 0.1) is 6.92 Å². The van der Waals surface area contributed by atoms with Gasteiger partial charge >= 0.3 is 0 Å². The van der Waals surface area contributed by atoms with Gasteiger partial charge in [-0.2, -0.15) is 0 Å². The highest BCUT2D eigenvalue weighted by atomic mass is 16.5. The maximum Gasteiger partial charge on any atom is 0.253 e. The van der Waals surface area contributed by atoms with Gasteiger partial charge in [-0.15, -0.1) is 0 Å². The van der Waals surface area contributed by atoms with Crippen molar-refractivity contribution in [2.45, 2.75) is 33.1 Å². The van der Waals surface area contributed by atoms with Crippen LogP contribution in [0.4, 0.5) is 0 Å². The first kappa shape index (κ1) is 22.2. The van der Waals surface area contributed by atoms with Crippen LogP contribution < -0.4 is 15.0 Å². The normalized spacial score (nSPS) is 14.3. The van der Waals surface area contributed by atoms with E-state index in [1.807, 2.05) is 62.4 Å². The zero-order valence-electron chi connectivity index (χ0n) is 19.2. The van der Waals surface area contributed by atoms with Gasteiger partial charge in [-0.25, -0.2) is 0 Å². The monoisotopic (exact) mass is 432 g/mol. The number of hydrogen-bond acceptors (Lipinski definition) is 2. The van der Waals surface area contributed by atoms with Gasteiger partial charge in [-0.3, -0.25) is 4.79 Å². The van der Waals surface area contributed by atoms with Crippen molar-refractivity contribution in [2.24, 2.45) is 0 Å². The molecule has 5 nitrogen and oxygen atoms in total. The van der Waals surface area contributed by atoms with Crippen molar-refractivity contribution in [3.05, 3.63) is 71.9 Å². The van der Waals surface area contributed by atoms with Crippen LogP contribution in [0.1, 0.15) is 42.2 Å². The number of rotatable bonds is 8. The van der Waals surface area contributed by atoms with E-state index in [1.165, 1.54) is 32.4 Å². The summed E-state index contributed by atoms with van der Waals surface area (Å²) in [4.78, 5) is 14.8. The second-order valence-electron chi connectivity index (χ2n) is 8.45. The Balaban J connectivity index is 1.65. The molecule has 32 heavy (non-hydrogen) atoms. The second kappa shape index (κ2) is 10.5. The molecule has 0 aliphatic carbocycles. The van der Waals surface area contributed by atoms with Crippen molar-refractivity contribution in [3.63, 3.8) is 0 Å². The summed E-state index contributed by atoms with van der Waals surface area (Å²) in [6.45, 7) is 8.72. The third-order valence-corrected chi connectivity index (χ3v) is 6.29. The van der Waals surface area contributed by atoms with E-state index in [2.05, 4.69) is 22.0 Å². The lowest BCUT2D eigenvalue weighted by atomic mass is 10.1. The Morgan fingerprint density at radius 1 is 1.03 bits per heavy atom. The number of amides is 1. The first-order chi connectivity index (χ1) is 15.7. The molecule has 1 amide bonds. The second-order valence-corrected chi connectivity index (χ2v) is 8.45. The summed E-state index contributed by atoms with van der Waals surface area (Å²) in [5.74, 6) is 0.801. The topological polar surface area (TPSA) is 47.7 Å². The molecule has 1 aromatic heterocycles. The fourth-order valence-electron chi connectivity index (χ4n) is 4.64. The summed E-state index contributed by atoms with van der Waals surface area (Å²) in [5.41, 5.74) is 4.63. The standard InChI is InChI=1S/C27H33N3O2/c1-3-32-26-15-9-8-14-24(26)30-21(2)23(20-25(30)22-12-6-4-7-13-22)27(31)28-16-19-29-17-10-5-11-18-29/h4,6-9,12-15,20H,3,5,10-11,16-19H2,1-2H3,(H,28,31)/p+1. The molecule has 2 N–H and O–H groups in total. The molecule has 168 valence electrons. The van der Waals surface area contributed by atoms with Gasteiger partial charge in [0.1, 0.15) is 5.75 Å². The number of likely N-dealkylation sites (tertiary alicyclic amines) is 1. The van der Waals surface area contributed by atoms with Crippen LogP contribution in [0.3, 0.4) is 0 Å². The third-order valence-electron chi connectivity index (χ3n) is 6.29. The molecule has 0 atom stereocenters. The largest absolute Gasteiger partial charge is 0.492 e. The average molecular weight is 433 g/mol. The Hall–Kier alpha value is -3.05. The van der Waals surface area contributed by atoms with E-state index in [0.29, 0.717) is 18.7 Å². The highest BCUT2D eigenvalue weighted by molar-refractivity contribution is 5.97. The lowest BCUT2D eigenvalue weighted by Gasteiger charge is -2.23. The molecule has 1 fully saturated rings. The van der Waals surface area contributed by atoms with Gasteiger partial charge in [-0.1, -0.05) is 42.5 Å². The number of aromatic nitrogens is 1. The summed E-state index contributed by atoms with van der Waals surface area (Å²) in [5, 5.41) is 3.17. The van der Waals surface area contributed by atoms with E-state index in [9.17, 15) is 4.79 Å². The number of carbonyl (C=O) groups is 1. The van der Waals surface area contributed by atoms with E-state index in [4.69, 9.17) is 4.74 Å². The number of piperidine rings is 1. The number of para-hydroxylation sites is 2. The minimum atomic E-state index is -0.0104. The molecule has 1 aliphatic rings. The van der Waals surface area contributed by atoms with E-state index < -0.39 is 0 Å². The highest BCUT2D eigenvalue weighted by Crippen LogP contribution is 2.33. The molecular weight excluding hydrogens is 398 g/mol. The molecule has 0 saturated carbocycles. The Kier molecular flexibility index (Phi) is 7.28. The SMILES string of the molecule is CCOc1ccccc1-n1c(-c2ccccc2)cc(C(=O)NCC[NH+]2CCCCC2)c1C. The zero-order chi connectivity index (χ0) is 22.3. The number of hydrogen-bond donors (Lipinski definition) is 2. The van der Waals surface area contributed by atoms with E-state index in [0.717, 1.165) is 34.9 Å². The summed E-state index contributed by atoms with van der Waals surface area (Å²) in [6, 6.07) is 20.2. The minimum absolute atomic E-state index is 0.0104. The molecule has 0 spiro atoms. The summed E-state index contributed by atoms with van der Waals surface area (Å²) >= 11 is 0. The molecule has 2 aromatic carbocycles. The number of ether oxygens (including phenoxy) is 1. The maximum absolute atomic E-state index is 13.2. The smallest absolute Gasteiger partial charge is 0.253 e. The molecule has 5 heteroatoms. The molecule has 0 radical (unpaired) electrons. The molecule has 0 bridgehead atoms. The molecule has 0 unspecified atom stereocenters. The third kappa shape index (κ3) is 4.89. The Labute approximate surface area is 191 Å². The summed E-state index contributed by atoms with van der Waals surface area (Å²) in [6.07, 6.45) is 3.93. The van der Waals surface area contributed by atoms with Gasteiger partial charge in [0.2, 0.25) is 0 Å². The van der Waals surface area contributed by atoms with E-state index >= 15 is 0 Å². The van der Waals surface area contributed by atoms with Crippen LogP contribution in [-0.2, 0) is 0 Å². The maximum atomic E-state index is 13.2. The number of carbonyl (C=O) groups excluding carboxylic acids is 1. The van der Waals surface area contributed by atoms with E-state index in [-0.39, 0.29) is 5.91 Å². The quantitative estimate of drug-likeness (QED) is 0.571. The Bertz CT molecular complexity index is 1040. The predicted molar refractivity (Wildman–Crippen MR) is 129 cm³/mol. The van der Waals surface area contributed by atoms with E-state index in [1.54, 1.807) is 4.90 Å². The first-order valence-electron chi connectivity index (χ1n) is 11.8. The van der Waals surface area contributed by atoms with Crippen LogP contribution in [0.2, 0.25) is 0 Å². The van der Waals surface area contributed by atoms with Crippen molar-refractivity contribution < 1.29 is 14.4 Å². The number of benzene rings is 2. The fourth-order valence-corrected chi connectivity index (χ4v) is 4.64. The van der Waals surface area contributed by atoms with Crippen molar-refractivity contribution in [3.8, 4) is 22.7 Å². The van der Waals surface area contributed by atoms with Crippen molar-refractivity contribution in [1.29, 1.82) is 0 Å². The van der Waals surface area contributed by atoms with Gasteiger partial charge in [0.25, 0.3) is 5.91 Å². The summed E-state index contributed by atoms with van der Waals surface area (Å²) in [7, 11) is 0. The van der Waals surface area contributed by atoms with Gasteiger partial charge in [0.05, 0.1) is 49.7 Å². The van der Waals surface area contributed by atoms with Gasteiger partial charge < -0.3 is 19.5 Å². The lowest BCUT2D eigenvalue weighted by Crippen LogP contribution is -3.13. The summed E-state index contributed by atoms with van der Waals surface area (Å²) < 4.78 is 8.06. The molecule has 1 aliphatic heterocycles.